The van der Waals surface area contributed by atoms with Gasteiger partial charge in [-0.3, -0.25) is 0 Å². The number of nitrogens with one attached hydrogen (secondary N) is 1. The number of ether oxygens (including phenoxy) is 1. The molecule has 2 rings (SSSR count). The lowest BCUT2D eigenvalue weighted by Gasteiger charge is -2.06. The molecule has 18 heavy (non-hydrogen) atoms. The molecule has 0 fully saturated rings. The molecule has 0 radical (unpaired) electrons. The number of methoxy groups -OCH3 is 1. The third-order valence-electron chi connectivity index (χ3n) is 2.25. The Morgan fingerprint density at radius 2 is 2.17 bits per heavy atom. The Hall–Kier alpha value is -2.50. The number of hydrogen-bond acceptors (Lipinski definition) is 4. The largest absolute Gasteiger partial charge is 0.497 e. The Morgan fingerprint density at radius 1 is 1.39 bits per heavy atom. The van der Waals surface area contributed by atoms with Gasteiger partial charge in [-0.2, -0.15) is 0 Å². The van der Waals surface area contributed by atoms with Crippen LogP contribution in [0.15, 0.2) is 34.7 Å². The molecule has 0 atom stereocenters. The van der Waals surface area contributed by atoms with Gasteiger partial charge in [-0.05, 0) is 18.2 Å². The van der Waals surface area contributed by atoms with Gasteiger partial charge in [0.15, 0.2) is 5.88 Å². The second-order valence-corrected chi connectivity index (χ2v) is 3.44. The second kappa shape index (κ2) is 4.79. The maximum atomic E-state index is 13.5. The fraction of sp³-hybridized carbons (Fsp3) is 0.0833. The van der Waals surface area contributed by atoms with Gasteiger partial charge in [0.2, 0.25) is 5.76 Å². The van der Waals surface area contributed by atoms with Gasteiger partial charge in [0, 0.05) is 12.1 Å². The van der Waals surface area contributed by atoms with Crippen molar-refractivity contribution in [1.82, 2.24) is 0 Å². The lowest BCUT2D eigenvalue weighted by atomic mass is 10.3. The van der Waals surface area contributed by atoms with Crippen LogP contribution in [0.3, 0.4) is 0 Å². The van der Waals surface area contributed by atoms with E-state index in [-0.39, 0.29) is 17.3 Å². The monoisotopic (exact) mass is 251 g/mol. The summed E-state index contributed by atoms with van der Waals surface area (Å²) < 4.78 is 23.4. The maximum absolute atomic E-state index is 13.5. The van der Waals surface area contributed by atoms with E-state index in [0.717, 1.165) is 0 Å². The minimum Gasteiger partial charge on any atom is -0.497 e. The highest BCUT2D eigenvalue weighted by atomic mass is 19.1. The summed E-state index contributed by atoms with van der Waals surface area (Å²) in [7, 11) is 1.46. The maximum Gasteiger partial charge on any atom is 0.371 e. The SMILES string of the molecule is COc1ccc(F)c(Nc2ccc(C(=O)O)o2)c1. The smallest absolute Gasteiger partial charge is 0.371 e. The number of carbonyl (C=O) groups is 1. The summed E-state index contributed by atoms with van der Waals surface area (Å²) >= 11 is 0. The number of benzene rings is 1. The number of aromatic carboxylic acids is 1. The van der Waals surface area contributed by atoms with Crippen molar-refractivity contribution in [2.45, 2.75) is 0 Å². The van der Waals surface area contributed by atoms with Crippen LogP contribution in [0.1, 0.15) is 10.6 Å². The lowest BCUT2D eigenvalue weighted by molar-refractivity contribution is 0.0663. The first-order valence-corrected chi connectivity index (χ1v) is 5.04. The molecule has 5 nitrogen and oxygen atoms in total. The van der Waals surface area contributed by atoms with Crippen LogP contribution in [0.5, 0.6) is 5.75 Å². The number of carboxylic acid groups (broad SMARTS) is 1. The highest BCUT2D eigenvalue weighted by molar-refractivity contribution is 5.85. The number of furan rings is 1. The van der Waals surface area contributed by atoms with E-state index in [1.54, 1.807) is 0 Å². The van der Waals surface area contributed by atoms with E-state index >= 15 is 0 Å². The lowest BCUT2D eigenvalue weighted by Crippen LogP contribution is -1.95. The molecular formula is C12H10FNO4. The van der Waals surface area contributed by atoms with Crippen molar-refractivity contribution in [2.24, 2.45) is 0 Å². The molecule has 94 valence electrons. The standard InChI is InChI=1S/C12H10FNO4/c1-17-7-2-3-8(13)9(6-7)14-11-5-4-10(18-11)12(15)16/h2-6,14H,1H3,(H,15,16). The molecule has 6 heteroatoms. The van der Waals surface area contributed by atoms with Gasteiger partial charge < -0.3 is 19.6 Å². The van der Waals surface area contributed by atoms with Crippen LogP contribution in [0.4, 0.5) is 16.0 Å². The van der Waals surface area contributed by atoms with Crippen LogP contribution in [0.2, 0.25) is 0 Å². The molecule has 0 unspecified atom stereocenters. The molecule has 0 aliphatic rings. The van der Waals surface area contributed by atoms with E-state index < -0.39 is 11.8 Å². The molecule has 1 aromatic heterocycles. The molecule has 0 aliphatic heterocycles. The molecule has 0 saturated heterocycles. The molecule has 0 saturated carbocycles. The van der Waals surface area contributed by atoms with E-state index in [0.29, 0.717) is 5.75 Å². The first-order chi connectivity index (χ1) is 8.60. The second-order valence-electron chi connectivity index (χ2n) is 3.44. The van der Waals surface area contributed by atoms with Crippen LogP contribution < -0.4 is 10.1 Å². The van der Waals surface area contributed by atoms with E-state index in [2.05, 4.69) is 5.32 Å². The average Bonchev–Trinajstić information content (AvgIpc) is 2.81. The molecule has 2 N–H and O–H groups in total. The Bertz CT molecular complexity index is 579. The number of carboxylic acids is 1. The first kappa shape index (κ1) is 12.0. The van der Waals surface area contributed by atoms with E-state index in [4.69, 9.17) is 14.3 Å². The fourth-order valence-corrected chi connectivity index (χ4v) is 1.38. The Balaban J connectivity index is 2.24. The van der Waals surface area contributed by atoms with Gasteiger partial charge in [-0.25, -0.2) is 9.18 Å². The minimum atomic E-state index is -1.19. The number of hydrogen-bond donors (Lipinski definition) is 2. The van der Waals surface area contributed by atoms with Gasteiger partial charge in [-0.15, -0.1) is 0 Å². The predicted molar refractivity (Wildman–Crippen MR) is 61.9 cm³/mol. The Morgan fingerprint density at radius 3 is 2.78 bits per heavy atom. The zero-order valence-corrected chi connectivity index (χ0v) is 9.44. The summed E-state index contributed by atoms with van der Waals surface area (Å²) in [4.78, 5) is 10.6. The van der Waals surface area contributed by atoms with Crippen molar-refractivity contribution in [3.8, 4) is 5.75 Å². The quantitative estimate of drug-likeness (QED) is 0.874. The molecule has 2 aromatic rings. The molecule has 0 amide bonds. The third kappa shape index (κ3) is 2.42. The highest BCUT2D eigenvalue weighted by Gasteiger charge is 2.11. The zero-order valence-electron chi connectivity index (χ0n) is 9.44. The van der Waals surface area contributed by atoms with E-state index in [1.165, 1.54) is 37.4 Å². The Kier molecular flexibility index (Phi) is 3.18. The van der Waals surface area contributed by atoms with Crippen LogP contribution in [0.25, 0.3) is 0 Å². The number of halogens is 1. The highest BCUT2D eigenvalue weighted by Crippen LogP contribution is 2.25. The number of rotatable bonds is 4. The van der Waals surface area contributed by atoms with E-state index in [1.807, 2.05) is 0 Å². The molecule has 1 heterocycles. The van der Waals surface area contributed by atoms with Crippen LogP contribution in [0, 0.1) is 5.82 Å². The molecule has 0 bridgehead atoms. The van der Waals surface area contributed by atoms with Crippen molar-refractivity contribution in [3.63, 3.8) is 0 Å². The first-order valence-electron chi connectivity index (χ1n) is 5.04. The summed E-state index contributed by atoms with van der Waals surface area (Å²) in [6, 6.07) is 6.84. The van der Waals surface area contributed by atoms with E-state index in [9.17, 15) is 9.18 Å². The minimum absolute atomic E-state index is 0.138. The van der Waals surface area contributed by atoms with Crippen LogP contribution in [-0.2, 0) is 0 Å². The summed E-state index contributed by atoms with van der Waals surface area (Å²) in [5.74, 6) is -1.29. The third-order valence-corrected chi connectivity index (χ3v) is 2.25. The van der Waals surface area contributed by atoms with Crippen molar-refractivity contribution in [3.05, 3.63) is 41.9 Å². The molecule has 0 spiro atoms. The summed E-state index contributed by atoms with van der Waals surface area (Å²) in [6.07, 6.45) is 0. The molecule has 1 aromatic carbocycles. The average molecular weight is 251 g/mol. The number of anilines is 2. The zero-order chi connectivity index (χ0) is 13.1. The summed E-state index contributed by atoms with van der Waals surface area (Å²) in [6.45, 7) is 0. The van der Waals surface area contributed by atoms with Crippen LogP contribution >= 0.6 is 0 Å². The van der Waals surface area contributed by atoms with Gasteiger partial charge in [0.25, 0.3) is 0 Å². The Labute approximate surface area is 102 Å². The van der Waals surface area contributed by atoms with Crippen molar-refractivity contribution in [2.75, 3.05) is 12.4 Å². The summed E-state index contributed by atoms with van der Waals surface area (Å²) in [5, 5.41) is 11.3. The van der Waals surface area contributed by atoms with Crippen molar-refractivity contribution < 1.29 is 23.4 Å². The van der Waals surface area contributed by atoms with Gasteiger partial charge in [0.1, 0.15) is 11.6 Å². The normalized spacial score (nSPS) is 10.1. The van der Waals surface area contributed by atoms with Gasteiger partial charge in [-0.1, -0.05) is 0 Å². The van der Waals surface area contributed by atoms with Crippen molar-refractivity contribution in [1.29, 1.82) is 0 Å². The molecular weight excluding hydrogens is 241 g/mol. The molecule has 0 aliphatic carbocycles. The van der Waals surface area contributed by atoms with Crippen molar-refractivity contribution >= 4 is 17.5 Å². The summed E-state index contributed by atoms with van der Waals surface area (Å²) in [5.41, 5.74) is 0.139. The van der Waals surface area contributed by atoms with Gasteiger partial charge >= 0.3 is 5.97 Å². The van der Waals surface area contributed by atoms with Crippen LogP contribution in [-0.4, -0.2) is 18.2 Å². The predicted octanol–water partition coefficient (Wildman–Crippen LogP) is 2.87. The topological polar surface area (TPSA) is 71.7 Å². The van der Waals surface area contributed by atoms with Gasteiger partial charge in [0.05, 0.1) is 12.8 Å². The fourth-order valence-electron chi connectivity index (χ4n) is 1.38.